The molecule has 0 aliphatic heterocycles. The smallest absolute Gasteiger partial charge is 0.239 e. The number of aromatic nitrogens is 4. The van der Waals surface area contributed by atoms with Gasteiger partial charge in [0.2, 0.25) is 5.91 Å². The summed E-state index contributed by atoms with van der Waals surface area (Å²) in [5.74, 6) is 2.21. The van der Waals surface area contributed by atoms with Crippen molar-refractivity contribution in [2.24, 2.45) is 0 Å². The lowest BCUT2D eigenvalue weighted by Crippen LogP contribution is -2.25. The number of aryl methyl sites for hydroxylation is 1. The van der Waals surface area contributed by atoms with Gasteiger partial charge in [0.25, 0.3) is 0 Å². The molecule has 0 spiro atoms. The Morgan fingerprint density at radius 3 is 2.84 bits per heavy atom. The summed E-state index contributed by atoms with van der Waals surface area (Å²) in [5, 5.41) is 15.3. The summed E-state index contributed by atoms with van der Waals surface area (Å²) in [6.45, 7) is 6.39. The van der Waals surface area contributed by atoms with Crippen LogP contribution in [0.2, 0.25) is 0 Å². The first-order valence-electron chi connectivity index (χ1n) is 8.00. The fourth-order valence-corrected chi connectivity index (χ4v) is 3.35. The Kier molecular flexibility index (Phi) is 5.22. The number of nitrogens with zero attached hydrogens (tertiary/aromatic N) is 4. The molecule has 3 heterocycles. The minimum atomic E-state index is -0.323. The Morgan fingerprint density at radius 2 is 2.24 bits per heavy atom. The molecule has 3 aromatic rings. The summed E-state index contributed by atoms with van der Waals surface area (Å²) in [6, 6.07) is 5.32. The third-order valence-electron chi connectivity index (χ3n) is 3.56. The van der Waals surface area contributed by atoms with E-state index in [0.717, 1.165) is 0 Å². The van der Waals surface area contributed by atoms with Gasteiger partial charge >= 0.3 is 0 Å². The largest absolute Gasteiger partial charge is 0.461 e. The van der Waals surface area contributed by atoms with Crippen LogP contribution in [0.25, 0.3) is 11.6 Å². The molecule has 25 heavy (non-hydrogen) atoms. The van der Waals surface area contributed by atoms with Gasteiger partial charge in [-0.15, -0.1) is 10.2 Å². The summed E-state index contributed by atoms with van der Waals surface area (Å²) in [5.41, 5.74) is 0. The molecule has 1 unspecified atom stereocenters. The maximum absolute atomic E-state index is 12.5. The second-order valence-electron chi connectivity index (χ2n) is 5.35. The van der Waals surface area contributed by atoms with Crippen LogP contribution in [0.1, 0.15) is 26.0 Å². The van der Waals surface area contributed by atoms with Crippen LogP contribution in [-0.2, 0) is 11.3 Å². The predicted octanol–water partition coefficient (Wildman–Crippen LogP) is 3.36. The lowest BCUT2D eigenvalue weighted by atomic mass is 10.3. The van der Waals surface area contributed by atoms with Crippen LogP contribution in [-0.4, -0.2) is 31.1 Å². The number of anilines is 1. The summed E-state index contributed by atoms with van der Waals surface area (Å²) in [4.78, 5) is 12.5. The number of nitrogens with one attached hydrogen (secondary N) is 1. The minimum Gasteiger partial charge on any atom is -0.461 e. The van der Waals surface area contributed by atoms with E-state index in [-0.39, 0.29) is 11.2 Å². The molecule has 0 aromatic carbocycles. The zero-order valence-electron chi connectivity index (χ0n) is 14.2. The normalized spacial score (nSPS) is 12.3. The van der Waals surface area contributed by atoms with E-state index in [2.05, 4.69) is 20.7 Å². The van der Waals surface area contributed by atoms with Crippen LogP contribution in [0.5, 0.6) is 0 Å². The highest BCUT2D eigenvalue weighted by atomic mass is 32.2. The predicted molar refractivity (Wildman–Crippen MR) is 93.2 cm³/mol. The number of rotatable bonds is 7. The minimum absolute atomic E-state index is 0.147. The van der Waals surface area contributed by atoms with Crippen LogP contribution in [0.15, 0.2) is 38.6 Å². The van der Waals surface area contributed by atoms with E-state index in [1.807, 2.05) is 24.5 Å². The second kappa shape index (κ2) is 7.56. The SMILES string of the molecule is CCC(Sc1nnc(-c2ccco2)n1CC)C(=O)Nc1cc(C)on1. The van der Waals surface area contributed by atoms with Crippen LogP contribution in [0, 0.1) is 6.92 Å². The molecular weight excluding hydrogens is 342 g/mol. The number of hydrogen-bond donors (Lipinski definition) is 1. The van der Waals surface area contributed by atoms with Gasteiger partial charge in [-0.2, -0.15) is 0 Å². The summed E-state index contributed by atoms with van der Waals surface area (Å²) in [7, 11) is 0. The van der Waals surface area contributed by atoms with Crippen molar-refractivity contribution in [1.82, 2.24) is 19.9 Å². The van der Waals surface area contributed by atoms with Crippen molar-refractivity contribution in [3.63, 3.8) is 0 Å². The van der Waals surface area contributed by atoms with Gasteiger partial charge in [0.1, 0.15) is 5.76 Å². The Bertz CT molecular complexity index is 840. The molecule has 0 aliphatic carbocycles. The number of furan rings is 1. The summed E-state index contributed by atoms with van der Waals surface area (Å²) in [6.07, 6.45) is 2.24. The van der Waals surface area contributed by atoms with Gasteiger partial charge in [-0.05, 0) is 32.4 Å². The molecule has 9 heteroatoms. The molecule has 0 radical (unpaired) electrons. The Morgan fingerprint density at radius 1 is 1.40 bits per heavy atom. The van der Waals surface area contributed by atoms with E-state index >= 15 is 0 Å². The maximum Gasteiger partial charge on any atom is 0.239 e. The molecule has 132 valence electrons. The van der Waals surface area contributed by atoms with Gasteiger partial charge in [0.05, 0.1) is 11.5 Å². The molecule has 0 aliphatic rings. The van der Waals surface area contributed by atoms with Crippen LogP contribution >= 0.6 is 11.8 Å². The van der Waals surface area contributed by atoms with Gasteiger partial charge in [-0.3, -0.25) is 9.36 Å². The highest BCUT2D eigenvalue weighted by Gasteiger charge is 2.24. The summed E-state index contributed by atoms with van der Waals surface area (Å²) < 4.78 is 12.3. The number of hydrogen-bond acceptors (Lipinski definition) is 7. The number of thioether (sulfide) groups is 1. The quantitative estimate of drug-likeness (QED) is 0.644. The first-order valence-corrected chi connectivity index (χ1v) is 8.88. The standard InChI is InChI=1S/C16H19N5O3S/c1-4-12(15(22)17-13-9-10(3)24-20-13)25-16-19-18-14(21(16)5-2)11-7-6-8-23-11/h6-9,12H,4-5H2,1-3H3,(H,17,20,22). The van der Waals surface area contributed by atoms with Crippen LogP contribution in [0.4, 0.5) is 5.82 Å². The van der Waals surface area contributed by atoms with E-state index in [1.165, 1.54) is 11.8 Å². The van der Waals surface area contributed by atoms with E-state index in [1.54, 1.807) is 25.3 Å². The molecule has 0 fully saturated rings. The second-order valence-corrected chi connectivity index (χ2v) is 6.52. The molecule has 8 nitrogen and oxygen atoms in total. The molecule has 1 amide bonds. The van der Waals surface area contributed by atoms with Gasteiger partial charge in [-0.1, -0.05) is 23.8 Å². The first kappa shape index (κ1) is 17.3. The first-order chi connectivity index (χ1) is 12.1. The molecule has 1 atom stereocenters. The van der Waals surface area contributed by atoms with Gasteiger partial charge in [0, 0.05) is 12.6 Å². The molecule has 3 rings (SSSR count). The molecule has 1 N–H and O–H groups in total. The van der Waals surface area contributed by atoms with Crippen LogP contribution in [0.3, 0.4) is 0 Å². The van der Waals surface area contributed by atoms with E-state index in [4.69, 9.17) is 8.94 Å². The Hall–Kier alpha value is -2.55. The van der Waals surface area contributed by atoms with Crippen molar-refractivity contribution >= 4 is 23.5 Å². The molecule has 3 aromatic heterocycles. The molecule has 0 saturated carbocycles. The van der Waals surface area contributed by atoms with Crippen molar-refractivity contribution in [3.8, 4) is 11.6 Å². The third kappa shape index (κ3) is 3.76. The average molecular weight is 361 g/mol. The van der Waals surface area contributed by atoms with Crippen molar-refractivity contribution in [2.45, 2.75) is 44.1 Å². The third-order valence-corrected chi connectivity index (χ3v) is 4.91. The van der Waals surface area contributed by atoms with E-state index in [0.29, 0.717) is 41.3 Å². The van der Waals surface area contributed by atoms with Gasteiger partial charge < -0.3 is 14.3 Å². The van der Waals surface area contributed by atoms with Crippen molar-refractivity contribution < 1.29 is 13.7 Å². The highest BCUT2D eigenvalue weighted by molar-refractivity contribution is 8.00. The van der Waals surface area contributed by atoms with Crippen molar-refractivity contribution in [1.29, 1.82) is 0 Å². The Balaban J connectivity index is 1.76. The maximum atomic E-state index is 12.5. The van der Waals surface area contributed by atoms with E-state index < -0.39 is 0 Å². The molecule has 0 saturated heterocycles. The molecular formula is C16H19N5O3S. The summed E-state index contributed by atoms with van der Waals surface area (Å²) >= 11 is 1.37. The van der Waals surface area contributed by atoms with Crippen LogP contribution < -0.4 is 5.32 Å². The van der Waals surface area contributed by atoms with Crippen molar-refractivity contribution in [2.75, 3.05) is 5.32 Å². The monoisotopic (exact) mass is 361 g/mol. The topological polar surface area (TPSA) is 99.0 Å². The zero-order chi connectivity index (χ0) is 17.8. The van der Waals surface area contributed by atoms with Gasteiger partial charge in [0.15, 0.2) is 22.6 Å². The highest BCUT2D eigenvalue weighted by Crippen LogP contribution is 2.29. The number of amides is 1. The fourth-order valence-electron chi connectivity index (χ4n) is 2.33. The van der Waals surface area contributed by atoms with Gasteiger partial charge in [-0.25, -0.2) is 0 Å². The van der Waals surface area contributed by atoms with E-state index in [9.17, 15) is 4.79 Å². The number of carbonyl (C=O) groups excluding carboxylic acids is 1. The lowest BCUT2D eigenvalue weighted by molar-refractivity contribution is -0.115. The fraction of sp³-hybridized carbons (Fsp3) is 0.375. The Labute approximate surface area is 149 Å². The number of carbonyl (C=O) groups is 1. The molecule has 0 bridgehead atoms. The average Bonchev–Trinajstić information content (AvgIpc) is 3.32. The lowest BCUT2D eigenvalue weighted by Gasteiger charge is -2.13. The van der Waals surface area contributed by atoms with Crippen molar-refractivity contribution in [3.05, 3.63) is 30.2 Å². The zero-order valence-corrected chi connectivity index (χ0v) is 15.0.